The lowest BCUT2D eigenvalue weighted by molar-refractivity contribution is 0.565. The summed E-state index contributed by atoms with van der Waals surface area (Å²) in [5.74, 6) is 0.586. The molecule has 2 atom stereocenters. The fourth-order valence-electron chi connectivity index (χ4n) is 4.48. The Morgan fingerprint density at radius 1 is 0.938 bits per heavy atom. The third-order valence-electron chi connectivity index (χ3n) is 5.87. The molecule has 0 amide bonds. The van der Waals surface area contributed by atoms with Crippen LogP contribution in [0.2, 0.25) is 0 Å². The Labute approximate surface area is 191 Å². The van der Waals surface area contributed by atoms with E-state index in [0.717, 1.165) is 34.2 Å². The second kappa shape index (κ2) is 8.16. The lowest BCUT2D eigenvalue weighted by atomic mass is 9.96. The summed E-state index contributed by atoms with van der Waals surface area (Å²) in [7, 11) is 0. The summed E-state index contributed by atoms with van der Waals surface area (Å²) < 4.78 is 15.8. The van der Waals surface area contributed by atoms with E-state index in [1.807, 2.05) is 36.4 Å². The van der Waals surface area contributed by atoms with Crippen LogP contribution in [0.4, 0.5) is 10.1 Å². The molecule has 1 N–H and O–H groups in total. The van der Waals surface area contributed by atoms with E-state index in [0.29, 0.717) is 5.11 Å². The van der Waals surface area contributed by atoms with E-state index >= 15 is 0 Å². The fraction of sp³-hybridized carbons (Fsp3) is 0.160. The molecule has 0 saturated carbocycles. The molecule has 32 heavy (non-hydrogen) atoms. The van der Waals surface area contributed by atoms with Crippen LogP contribution in [0.1, 0.15) is 34.7 Å². The van der Waals surface area contributed by atoms with Crippen LogP contribution in [-0.4, -0.2) is 19.6 Å². The highest BCUT2D eigenvalue weighted by Gasteiger charge is 2.42. The summed E-state index contributed by atoms with van der Waals surface area (Å²) in [5, 5.41) is 4.04. The van der Waals surface area contributed by atoms with Crippen LogP contribution in [0.5, 0.6) is 0 Å². The monoisotopic (exact) mass is 443 g/mol. The maximum Gasteiger partial charge on any atom is 0.174 e. The molecule has 4 aromatic rings. The molecule has 1 aromatic carbocycles. The highest BCUT2D eigenvalue weighted by molar-refractivity contribution is 7.80. The number of aromatic nitrogens is 3. The summed E-state index contributed by atoms with van der Waals surface area (Å²) in [4.78, 5) is 11.2. The number of benzene rings is 1. The number of pyridine rings is 2. The summed E-state index contributed by atoms with van der Waals surface area (Å²) in [6.45, 7) is 4.17. The van der Waals surface area contributed by atoms with Gasteiger partial charge in [0.25, 0.3) is 0 Å². The predicted octanol–water partition coefficient (Wildman–Crippen LogP) is 5.20. The van der Waals surface area contributed by atoms with Gasteiger partial charge in [0.05, 0.1) is 17.8 Å². The molecule has 1 saturated heterocycles. The quantitative estimate of drug-likeness (QED) is 0.439. The van der Waals surface area contributed by atoms with E-state index in [-0.39, 0.29) is 17.9 Å². The summed E-state index contributed by atoms with van der Waals surface area (Å²) in [6, 6.07) is 20.0. The Balaban J connectivity index is 1.68. The average Bonchev–Trinajstić information content (AvgIpc) is 3.31. The Morgan fingerprint density at radius 2 is 1.66 bits per heavy atom. The van der Waals surface area contributed by atoms with Crippen LogP contribution >= 0.6 is 12.2 Å². The molecule has 5 rings (SSSR count). The standard InChI is InChI=1S/C25H22FN5S/c1-16-15-20(17(2)30(16)22-8-4-6-14-28-22)24-23(21-7-3-5-13-27-21)29-25(32)31(24)19-11-9-18(26)10-12-19/h3-15,23-24H,1-2H3,(H,29,32)/t23-,24+/m0/s1. The maximum absolute atomic E-state index is 13.7. The van der Waals surface area contributed by atoms with Gasteiger partial charge in [-0.25, -0.2) is 9.37 Å². The molecule has 1 aliphatic heterocycles. The van der Waals surface area contributed by atoms with Gasteiger partial charge in [-0.2, -0.15) is 0 Å². The largest absolute Gasteiger partial charge is 0.351 e. The van der Waals surface area contributed by atoms with Crippen LogP contribution in [0, 0.1) is 19.7 Å². The number of nitrogens with zero attached hydrogens (tertiary/aromatic N) is 4. The zero-order valence-electron chi connectivity index (χ0n) is 17.7. The van der Waals surface area contributed by atoms with Crippen molar-refractivity contribution in [3.63, 3.8) is 0 Å². The van der Waals surface area contributed by atoms with Gasteiger partial charge in [-0.15, -0.1) is 0 Å². The molecule has 0 aliphatic carbocycles. The first-order valence-corrected chi connectivity index (χ1v) is 10.8. The first-order chi connectivity index (χ1) is 15.5. The van der Waals surface area contributed by atoms with E-state index in [4.69, 9.17) is 12.2 Å². The van der Waals surface area contributed by atoms with Crippen LogP contribution in [0.3, 0.4) is 0 Å². The third kappa shape index (κ3) is 3.44. The van der Waals surface area contributed by atoms with Crippen molar-refractivity contribution in [2.24, 2.45) is 0 Å². The molecule has 0 unspecified atom stereocenters. The van der Waals surface area contributed by atoms with Crippen molar-refractivity contribution < 1.29 is 4.39 Å². The van der Waals surface area contributed by atoms with Crippen molar-refractivity contribution in [1.82, 2.24) is 19.9 Å². The van der Waals surface area contributed by atoms with Crippen molar-refractivity contribution in [3.8, 4) is 5.82 Å². The number of halogens is 1. The zero-order chi connectivity index (χ0) is 22.2. The van der Waals surface area contributed by atoms with E-state index in [1.165, 1.54) is 12.1 Å². The van der Waals surface area contributed by atoms with Crippen molar-refractivity contribution in [2.45, 2.75) is 25.9 Å². The Hall–Kier alpha value is -3.58. The molecular formula is C25H22FN5S. The molecule has 4 heterocycles. The second-order valence-corrected chi connectivity index (χ2v) is 8.21. The molecular weight excluding hydrogens is 421 g/mol. The number of hydrogen-bond acceptors (Lipinski definition) is 3. The van der Waals surface area contributed by atoms with Gasteiger partial charge in [-0.05, 0) is 86.2 Å². The Kier molecular flexibility index (Phi) is 5.19. The van der Waals surface area contributed by atoms with Gasteiger partial charge in [0.1, 0.15) is 11.6 Å². The smallest absolute Gasteiger partial charge is 0.174 e. The normalized spacial score (nSPS) is 18.1. The number of anilines is 1. The van der Waals surface area contributed by atoms with Gasteiger partial charge in [0.15, 0.2) is 5.11 Å². The fourth-order valence-corrected chi connectivity index (χ4v) is 4.82. The molecule has 0 radical (unpaired) electrons. The Bertz CT molecular complexity index is 1260. The molecule has 0 bridgehead atoms. The topological polar surface area (TPSA) is 46.0 Å². The highest BCUT2D eigenvalue weighted by atomic mass is 32.1. The van der Waals surface area contributed by atoms with E-state index in [1.54, 1.807) is 24.5 Å². The molecule has 1 aliphatic rings. The summed E-state index contributed by atoms with van der Waals surface area (Å²) in [5.41, 5.74) is 4.99. The molecule has 5 nitrogen and oxygen atoms in total. The van der Waals surface area contributed by atoms with Gasteiger partial charge in [0.2, 0.25) is 0 Å². The first-order valence-electron chi connectivity index (χ1n) is 10.4. The van der Waals surface area contributed by atoms with Crippen LogP contribution < -0.4 is 10.2 Å². The lowest BCUT2D eigenvalue weighted by Crippen LogP contribution is -2.29. The summed E-state index contributed by atoms with van der Waals surface area (Å²) >= 11 is 5.76. The molecule has 1 fully saturated rings. The molecule has 0 spiro atoms. The molecule has 7 heteroatoms. The van der Waals surface area contributed by atoms with Crippen molar-refractivity contribution in [1.29, 1.82) is 0 Å². The Morgan fingerprint density at radius 3 is 2.31 bits per heavy atom. The van der Waals surface area contributed by atoms with Gasteiger partial charge in [-0.1, -0.05) is 12.1 Å². The second-order valence-electron chi connectivity index (χ2n) is 7.82. The van der Waals surface area contributed by atoms with E-state index in [9.17, 15) is 4.39 Å². The minimum Gasteiger partial charge on any atom is -0.351 e. The number of nitrogens with one attached hydrogen (secondary N) is 1. The predicted molar refractivity (Wildman–Crippen MR) is 127 cm³/mol. The van der Waals surface area contributed by atoms with Gasteiger partial charge >= 0.3 is 0 Å². The van der Waals surface area contributed by atoms with Gasteiger partial charge < -0.3 is 14.8 Å². The number of rotatable bonds is 4. The maximum atomic E-state index is 13.7. The van der Waals surface area contributed by atoms with Gasteiger partial charge in [0, 0.05) is 29.5 Å². The minimum absolute atomic E-state index is 0.161. The summed E-state index contributed by atoms with van der Waals surface area (Å²) in [6.07, 6.45) is 3.58. The minimum atomic E-state index is -0.280. The van der Waals surface area contributed by atoms with Crippen LogP contribution in [0.25, 0.3) is 5.82 Å². The molecule has 3 aromatic heterocycles. The van der Waals surface area contributed by atoms with Gasteiger partial charge in [-0.3, -0.25) is 4.98 Å². The van der Waals surface area contributed by atoms with E-state index in [2.05, 4.69) is 44.7 Å². The zero-order valence-corrected chi connectivity index (χ0v) is 18.6. The van der Waals surface area contributed by atoms with Crippen LogP contribution in [-0.2, 0) is 0 Å². The number of hydrogen-bond donors (Lipinski definition) is 1. The number of aryl methyl sites for hydroxylation is 1. The average molecular weight is 444 g/mol. The highest BCUT2D eigenvalue weighted by Crippen LogP contribution is 2.43. The number of thiocarbonyl (C=S) groups is 1. The van der Waals surface area contributed by atoms with Crippen molar-refractivity contribution >= 4 is 23.0 Å². The third-order valence-corrected chi connectivity index (χ3v) is 6.18. The van der Waals surface area contributed by atoms with Crippen LogP contribution in [0.15, 0.2) is 79.1 Å². The first kappa shape index (κ1) is 20.3. The van der Waals surface area contributed by atoms with Crippen molar-refractivity contribution in [3.05, 3.63) is 108 Å². The molecule has 160 valence electrons. The van der Waals surface area contributed by atoms with Crippen molar-refractivity contribution in [2.75, 3.05) is 4.90 Å². The lowest BCUT2D eigenvalue weighted by Gasteiger charge is -2.28. The SMILES string of the molecule is Cc1cc([C@@H]2[C@H](c3ccccn3)NC(=S)N2c2ccc(F)cc2)c(C)n1-c1ccccn1. The van der Waals surface area contributed by atoms with E-state index < -0.39 is 0 Å².